The van der Waals surface area contributed by atoms with E-state index in [-0.39, 0.29) is 15.9 Å². The Morgan fingerprint density at radius 3 is 2.79 bits per heavy atom. The molecule has 1 unspecified atom stereocenters. The second kappa shape index (κ2) is 4.97. The highest BCUT2D eigenvalue weighted by Crippen LogP contribution is 2.37. The molecular weight excluding hydrogens is 290 g/mol. The zero-order valence-electron chi connectivity index (χ0n) is 10.6. The standard InChI is InChI=1S/C11H14ClN3O3S/c1-11(9(13)17)3-4-15(5-11)10-14-7(12)6(19-10)8(16)18-2/h3-5H2,1-2H3,(H2,13,17). The van der Waals surface area contributed by atoms with Crippen molar-refractivity contribution in [1.82, 2.24) is 4.98 Å². The quantitative estimate of drug-likeness (QED) is 0.850. The Labute approximate surface area is 119 Å². The molecule has 0 radical (unpaired) electrons. The van der Waals surface area contributed by atoms with Gasteiger partial charge in [-0.1, -0.05) is 22.9 Å². The van der Waals surface area contributed by atoms with Crippen LogP contribution in [0.4, 0.5) is 5.13 Å². The van der Waals surface area contributed by atoms with Gasteiger partial charge in [0.2, 0.25) is 5.91 Å². The average molecular weight is 304 g/mol. The number of thiazole rings is 1. The van der Waals surface area contributed by atoms with Gasteiger partial charge in [-0.25, -0.2) is 9.78 Å². The number of aromatic nitrogens is 1. The third kappa shape index (κ3) is 2.52. The number of carbonyl (C=O) groups is 2. The molecule has 2 heterocycles. The molecule has 8 heteroatoms. The summed E-state index contributed by atoms with van der Waals surface area (Å²) in [6, 6.07) is 0. The summed E-state index contributed by atoms with van der Waals surface area (Å²) in [5.41, 5.74) is 4.83. The van der Waals surface area contributed by atoms with Gasteiger partial charge in [-0.2, -0.15) is 0 Å². The van der Waals surface area contributed by atoms with Crippen LogP contribution in [0.1, 0.15) is 23.0 Å². The van der Waals surface area contributed by atoms with Crippen LogP contribution < -0.4 is 10.6 Å². The molecule has 1 aromatic rings. The molecule has 0 aliphatic carbocycles. The number of carbonyl (C=O) groups excluding carboxylic acids is 2. The first-order valence-corrected chi connectivity index (χ1v) is 6.86. The average Bonchev–Trinajstić information content (AvgIpc) is 2.93. The minimum Gasteiger partial charge on any atom is -0.465 e. The second-order valence-electron chi connectivity index (χ2n) is 4.70. The van der Waals surface area contributed by atoms with E-state index in [0.717, 1.165) is 11.3 Å². The van der Waals surface area contributed by atoms with Gasteiger partial charge < -0.3 is 15.4 Å². The van der Waals surface area contributed by atoms with Gasteiger partial charge in [-0.05, 0) is 13.3 Å². The van der Waals surface area contributed by atoms with Crippen LogP contribution in [0.25, 0.3) is 0 Å². The lowest BCUT2D eigenvalue weighted by Gasteiger charge is -2.20. The number of methoxy groups -OCH3 is 1. The lowest BCUT2D eigenvalue weighted by atomic mass is 9.89. The molecule has 0 bridgehead atoms. The minimum absolute atomic E-state index is 0.125. The van der Waals surface area contributed by atoms with Crippen LogP contribution in [-0.2, 0) is 9.53 Å². The highest BCUT2D eigenvalue weighted by Gasteiger charge is 2.40. The van der Waals surface area contributed by atoms with Gasteiger partial charge in [-0.3, -0.25) is 4.79 Å². The van der Waals surface area contributed by atoms with Crippen molar-refractivity contribution in [3.05, 3.63) is 10.0 Å². The summed E-state index contributed by atoms with van der Waals surface area (Å²) >= 11 is 7.07. The van der Waals surface area contributed by atoms with Gasteiger partial charge in [0, 0.05) is 13.1 Å². The van der Waals surface area contributed by atoms with E-state index in [2.05, 4.69) is 9.72 Å². The summed E-state index contributed by atoms with van der Waals surface area (Å²) in [6.45, 7) is 2.96. The predicted molar refractivity (Wildman–Crippen MR) is 72.6 cm³/mol. The van der Waals surface area contributed by atoms with E-state index in [1.807, 2.05) is 11.8 Å². The fourth-order valence-corrected chi connectivity index (χ4v) is 3.19. The fourth-order valence-electron chi connectivity index (χ4n) is 1.97. The number of nitrogens with two attached hydrogens (primary N) is 1. The molecule has 1 aliphatic rings. The van der Waals surface area contributed by atoms with Crippen LogP contribution in [0.2, 0.25) is 5.15 Å². The maximum absolute atomic E-state index is 11.5. The third-order valence-corrected chi connectivity index (χ3v) is 4.77. The molecule has 19 heavy (non-hydrogen) atoms. The zero-order chi connectivity index (χ0) is 14.2. The number of halogens is 1. The van der Waals surface area contributed by atoms with Gasteiger partial charge in [0.05, 0.1) is 12.5 Å². The Kier molecular flexibility index (Phi) is 3.69. The topological polar surface area (TPSA) is 85.5 Å². The van der Waals surface area contributed by atoms with E-state index in [0.29, 0.717) is 24.6 Å². The number of amides is 1. The van der Waals surface area contributed by atoms with Crippen molar-refractivity contribution in [1.29, 1.82) is 0 Å². The summed E-state index contributed by atoms with van der Waals surface area (Å²) in [5, 5.41) is 0.731. The number of rotatable bonds is 3. The number of hydrogen-bond acceptors (Lipinski definition) is 6. The molecule has 1 fully saturated rings. The molecule has 1 saturated heterocycles. The maximum atomic E-state index is 11.5. The van der Waals surface area contributed by atoms with E-state index in [1.54, 1.807) is 0 Å². The summed E-state index contributed by atoms with van der Waals surface area (Å²) in [6.07, 6.45) is 0.660. The van der Waals surface area contributed by atoms with Crippen LogP contribution in [0.3, 0.4) is 0 Å². The van der Waals surface area contributed by atoms with E-state index in [9.17, 15) is 9.59 Å². The van der Waals surface area contributed by atoms with E-state index < -0.39 is 11.4 Å². The van der Waals surface area contributed by atoms with E-state index in [1.165, 1.54) is 7.11 Å². The van der Waals surface area contributed by atoms with Crippen molar-refractivity contribution in [2.75, 3.05) is 25.1 Å². The van der Waals surface area contributed by atoms with Crippen LogP contribution in [0.5, 0.6) is 0 Å². The van der Waals surface area contributed by atoms with Crippen molar-refractivity contribution >= 4 is 39.9 Å². The van der Waals surface area contributed by atoms with Crippen molar-refractivity contribution in [2.45, 2.75) is 13.3 Å². The molecule has 0 aromatic carbocycles. The van der Waals surface area contributed by atoms with Crippen molar-refractivity contribution in [3.8, 4) is 0 Å². The highest BCUT2D eigenvalue weighted by molar-refractivity contribution is 7.18. The first-order valence-electron chi connectivity index (χ1n) is 5.67. The summed E-state index contributed by atoms with van der Waals surface area (Å²) in [7, 11) is 1.29. The minimum atomic E-state index is -0.566. The SMILES string of the molecule is COC(=O)c1sc(N2CCC(C)(C(N)=O)C2)nc1Cl. The van der Waals surface area contributed by atoms with Crippen molar-refractivity contribution in [3.63, 3.8) is 0 Å². The van der Waals surface area contributed by atoms with Gasteiger partial charge in [0.25, 0.3) is 0 Å². The largest absolute Gasteiger partial charge is 0.465 e. The molecule has 6 nitrogen and oxygen atoms in total. The second-order valence-corrected chi connectivity index (χ2v) is 6.04. The van der Waals surface area contributed by atoms with Gasteiger partial charge in [-0.15, -0.1) is 0 Å². The van der Waals surface area contributed by atoms with Crippen LogP contribution in [0.15, 0.2) is 0 Å². The predicted octanol–water partition coefficient (Wildman–Crippen LogP) is 1.28. The van der Waals surface area contributed by atoms with E-state index >= 15 is 0 Å². The van der Waals surface area contributed by atoms with E-state index in [4.69, 9.17) is 17.3 Å². The monoisotopic (exact) mass is 303 g/mol. The number of hydrogen-bond donors (Lipinski definition) is 1. The smallest absolute Gasteiger partial charge is 0.351 e. The number of ether oxygens (including phenoxy) is 1. The fraction of sp³-hybridized carbons (Fsp3) is 0.545. The molecule has 0 saturated carbocycles. The summed E-state index contributed by atoms with van der Waals surface area (Å²) < 4.78 is 4.63. The molecule has 1 aromatic heterocycles. The van der Waals surface area contributed by atoms with Crippen LogP contribution in [0, 0.1) is 5.41 Å². The Balaban J connectivity index is 2.21. The molecule has 2 rings (SSSR count). The van der Waals surface area contributed by atoms with Gasteiger partial charge in [0.15, 0.2) is 15.2 Å². The molecule has 1 amide bonds. The molecule has 2 N–H and O–H groups in total. The molecule has 104 valence electrons. The number of primary amides is 1. The Morgan fingerprint density at radius 1 is 1.58 bits per heavy atom. The lowest BCUT2D eigenvalue weighted by molar-refractivity contribution is -0.125. The maximum Gasteiger partial charge on any atom is 0.351 e. The van der Waals surface area contributed by atoms with Gasteiger partial charge >= 0.3 is 5.97 Å². The summed E-state index contributed by atoms with van der Waals surface area (Å²) in [5.74, 6) is -0.837. The Hall–Kier alpha value is -1.34. The number of nitrogens with zero attached hydrogens (tertiary/aromatic N) is 2. The normalized spacial score (nSPS) is 22.6. The highest BCUT2D eigenvalue weighted by atomic mass is 35.5. The zero-order valence-corrected chi connectivity index (χ0v) is 12.2. The Bertz CT molecular complexity index is 533. The first-order chi connectivity index (χ1) is 8.87. The van der Waals surface area contributed by atoms with Crippen molar-refractivity contribution in [2.24, 2.45) is 11.1 Å². The Morgan fingerprint density at radius 2 is 2.26 bits per heavy atom. The molecule has 0 spiro atoms. The molecule has 1 atom stereocenters. The van der Waals surface area contributed by atoms with Crippen LogP contribution in [-0.4, -0.2) is 37.1 Å². The lowest BCUT2D eigenvalue weighted by Crippen LogP contribution is -2.37. The molecule has 1 aliphatic heterocycles. The third-order valence-electron chi connectivity index (χ3n) is 3.28. The van der Waals surface area contributed by atoms with Crippen molar-refractivity contribution < 1.29 is 14.3 Å². The number of esters is 1. The van der Waals surface area contributed by atoms with Gasteiger partial charge in [0.1, 0.15) is 0 Å². The first kappa shape index (κ1) is 14.1. The van der Waals surface area contributed by atoms with Crippen LogP contribution >= 0.6 is 22.9 Å². The molecular formula is C11H14ClN3O3S. The number of anilines is 1. The summed E-state index contributed by atoms with van der Waals surface area (Å²) in [4.78, 5) is 29.2.